The number of para-hydroxylation sites is 1. The zero-order chi connectivity index (χ0) is 24.2. The first kappa shape index (κ1) is 22.4. The molecule has 3 aromatic rings. The van der Waals surface area contributed by atoms with E-state index in [-0.39, 0.29) is 17.2 Å². The molecule has 2 aliphatic rings. The van der Waals surface area contributed by atoms with Crippen LogP contribution in [0.1, 0.15) is 49.1 Å². The Balaban J connectivity index is 1.58. The minimum atomic E-state index is -0.860. The lowest BCUT2D eigenvalue weighted by atomic mass is 9.84. The first-order chi connectivity index (χ1) is 16.2. The van der Waals surface area contributed by atoms with Gasteiger partial charge >= 0.3 is 0 Å². The number of rotatable bonds is 3. The third-order valence-electron chi connectivity index (χ3n) is 6.84. The van der Waals surface area contributed by atoms with E-state index >= 15 is 0 Å². The van der Waals surface area contributed by atoms with E-state index in [4.69, 9.17) is 4.84 Å². The van der Waals surface area contributed by atoms with Crippen LogP contribution in [-0.2, 0) is 19.8 Å². The monoisotopic (exact) mass is 454 g/mol. The van der Waals surface area contributed by atoms with Crippen LogP contribution in [0, 0.1) is 19.8 Å². The average Bonchev–Trinajstić information content (AvgIpc) is 3.31. The maximum atomic E-state index is 13.8. The molecule has 2 fully saturated rings. The number of fused-ring (bicyclic) bond motifs is 1. The molecule has 2 amide bonds. The first-order valence-electron chi connectivity index (χ1n) is 11.7. The number of hydroxylamine groups is 1. The molecule has 0 N–H and O–H groups in total. The maximum absolute atomic E-state index is 13.8. The number of hydrogen-bond acceptors (Lipinski definition) is 4. The number of hydrogen-bond donors (Lipinski definition) is 0. The van der Waals surface area contributed by atoms with Gasteiger partial charge in [-0.05, 0) is 54.2 Å². The Morgan fingerprint density at radius 2 is 1.50 bits per heavy atom. The van der Waals surface area contributed by atoms with Crippen LogP contribution in [0.25, 0.3) is 0 Å². The summed E-state index contributed by atoms with van der Waals surface area (Å²) in [7, 11) is 0. The highest BCUT2D eigenvalue weighted by Crippen LogP contribution is 2.48. The Bertz CT molecular complexity index is 1240. The Labute approximate surface area is 200 Å². The van der Waals surface area contributed by atoms with Crippen molar-refractivity contribution in [3.8, 4) is 0 Å². The standard InChI is InChI=1S/C29H30N2O3/c1-18-11-16-23(19(2)17-18)30-27(32)24-25(20-12-14-21(15-13-20)29(3,4)5)31(34-26(24)28(30)33)22-9-7-6-8-10-22/h6-17,24-26H,1-5H3/t24-,25+,26-/m1/s1. The van der Waals surface area contributed by atoms with E-state index in [1.165, 1.54) is 10.5 Å². The van der Waals surface area contributed by atoms with Crippen LogP contribution in [0.15, 0.2) is 72.8 Å². The molecule has 0 aliphatic carbocycles. The van der Waals surface area contributed by atoms with Gasteiger partial charge in [0.2, 0.25) is 5.91 Å². The molecule has 5 nitrogen and oxygen atoms in total. The van der Waals surface area contributed by atoms with E-state index in [1.807, 2.05) is 62.4 Å². The second-order valence-electron chi connectivity index (χ2n) is 10.3. The van der Waals surface area contributed by atoms with Gasteiger partial charge in [0, 0.05) is 0 Å². The fourth-order valence-electron chi connectivity index (χ4n) is 5.03. The molecule has 34 heavy (non-hydrogen) atoms. The largest absolute Gasteiger partial charge is 0.273 e. The zero-order valence-electron chi connectivity index (χ0n) is 20.3. The van der Waals surface area contributed by atoms with Crippen molar-refractivity contribution >= 4 is 23.2 Å². The van der Waals surface area contributed by atoms with Gasteiger partial charge in [0.25, 0.3) is 5.91 Å². The molecule has 0 spiro atoms. The minimum Gasteiger partial charge on any atom is -0.273 e. The number of benzene rings is 3. The predicted octanol–water partition coefficient (Wildman–Crippen LogP) is 5.65. The van der Waals surface area contributed by atoms with E-state index in [0.29, 0.717) is 5.69 Å². The van der Waals surface area contributed by atoms with Crippen LogP contribution in [-0.4, -0.2) is 17.9 Å². The Morgan fingerprint density at radius 1 is 0.824 bits per heavy atom. The van der Waals surface area contributed by atoms with Gasteiger partial charge in [-0.3, -0.25) is 14.4 Å². The van der Waals surface area contributed by atoms with Gasteiger partial charge in [0.05, 0.1) is 17.4 Å². The second-order valence-corrected chi connectivity index (χ2v) is 10.3. The zero-order valence-corrected chi connectivity index (χ0v) is 20.3. The fraction of sp³-hybridized carbons (Fsp3) is 0.310. The molecule has 174 valence electrons. The summed E-state index contributed by atoms with van der Waals surface area (Å²) in [5, 5.41) is 1.75. The fourth-order valence-corrected chi connectivity index (χ4v) is 5.03. The lowest BCUT2D eigenvalue weighted by Gasteiger charge is -2.29. The van der Waals surface area contributed by atoms with Crippen molar-refractivity contribution in [2.75, 3.05) is 9.96 Å². The highest BCUT2D eigenvalue weighted by atomic mass is 16.7. The number of nitrogens with zero attached hydrogens (tertiary/aromatic N) is 2. The van der Waals surface area contributed by atoms with Crippen LogP contribution in [0.2, 0.25) is 0 Å². The molecule has 2 aliphatic heterocycles. The quantitative estimate of drug-likeness (QED) is 0.480. The Kier molecular flexibility index (Phi) is 5.33. The van der Waals surface area contributed by atoms with Crippen LogP contribution < -0.4 is 9.96 Å². The van der Waals surface area contributed by atoms with Crippen LogP contribution >= 0.6 is 0 Å². The summed E-state index contributed by atoms with van der Waals surface area (Å²) in [5.74, 6) is -1.16. The van der Waals surface area contributed by atoms with Gasteiger partial charge in [0.15, 0.2) is 6.10 Å². The van der Waals surface area contributed by atoms with Gasteiger partial charge < -0.3 is 0 Å². The van der Waals surface area contributed by atoms with Crippen molar-refractivity contribution in [3.63, 3.8) is 0 Å². The molecular weight excluding hydrogens is 424 g/mol. The average molecular weight is 455 g/mol. The Morgan fingerprint density at radius 3 is 2.12 bits per heavy atom. The number of carbonyl (C=O) groups excluding carboxylic acids is 2. The predicted molar refractivity (Wildman–Crippen MR) is 134 cm³/mol. The summed E-state index contributed by atoms with van der Waals surface area (Å²) in [5.41, 5.74) is 5.62. The van der Waals surface area contributed by atoms with Gasteiger partial charge in [-0.1, -0.05) is 80.9 Å². The van der Waals surface area contributed by atoms with Crippen LogP contribution in [0.4, 0.5) is 11.4 Å². The lowest BCUT2D eigenvalue weighted by molar-refractivity contribution is -0.126. The number of aryl methyl sites for hydroxylation is 2. The Hall–Kier alpha value is -3.44. The van der Waals surface area contributed by atoms with E-state index < -0.39 is 18.1 Å². The van der Waals surface area contributed by atoms with Crippen molar-refractivity contribution in [1.29, 1.82) is 0 Å². The molecule has 3 aromatic carbocycles. The van der Waals surface area contributed by atoms with Crippen LogP contribution in [0.3, 0.4) is 0 Å². The molecule has 0 saturated carbocycles. The van der Waals surface area contributed by atoms with Crippen LogP contribution in [0.5, 0.6) is 0 Å². The highest BCUT2D eigenvalue weighted by molar-refractivity contribution is 6.24. The summed E-state index contributed by atoms with van der Waals surface area (Å²) >= 11 is 0. The summed E-state index contributed by atoms with van der Waals surface area (Å²) in [4.78, 5) is 34.9. The SMILES string of the molecule is Cc1ccc(N2C(=O)[C@H]3[C@@H](ON(c4ccccc4)[C@H]3c3ccc(C(C)(C)C)cc3)C2=O)c(C)c1. The molecule has 0 unspecified atom stereocenters. The van der Waals surface area contributed by atoms with Crippen molar-refractivity contribution in [2.45, 2.75) is 52.2 Å². The van der Waals surface area contributed by atoms with Gasteiger partial charge in [0.1, 0.15) is 5.92 Å². The van der Waals surface area contributed by atoms with E-state index in [1.54, 1.807) is 5.06 Å². The summed E-state index contributed by atoms with van der Waals surface area (Å²) < 4.78 is 0. The third kappa shape index (κ3) is 3.61. The third-order valence-corrected chi connectivity index (χ3v) is 6.84. The number of amides is 2. The van der Waals surface area contributed by atoms with Gasteiger partial charge in [-0.2, -0.15) is 0 Å². The summed E-state index contributed by atoms with van der Waals surface area (Å²) in [6.07, 6.45) is -0.860. The molecule has 5 rings (SSSR count). The molecule has 0 radical (unpaired) electrons. The smallest absolute Gasteiger partial charge is 0.266 e. The van der Waals surface area contributed by atoms with Crippen molar-refractivity contribution in [2.24, 2.45) is 5.92 Å². The summed E-state index contributed by atoms with van der Waals surface area (Å²) in [6.45, 7) is 10.4. The second kappa shape index (κ2) is 8.10. The molecule has 2 heterocycles. The minimum absolute atomic E-state index is 0.0191. The number of carbonyl (C=O) groups is 2. The molecule has 2 saturated heterocycles. The van der Waals surface area contributed by atoms with Gasteiger partial charge in [-0.25, -0.2) is 9.96 Å². The first-order valence-corrected chi connectivity index (χ1v) is 11.7. The van der Waals surface area contributed by atoms with Crippen molar-refractivity contribution in [3.05, 3.63) is 95.1 Å². The van der Waals surface area contributed by atoms with Crippen molar-refractivity contribution < 1.29 is 14.4 Å². The highest BCUT2D eigenvalue weighted by Gasteiger charge is 2.60. The normalized spacial score (nSPS) is 22.4. The number of anilines is 2. The van der Waals surface area contributed by atoms with Crippen molar-refractivity contribution in [1.82, 2.24) is 0 Å². The molecular formula is C29H30N2O3. The van der Waals surface area contributed by atoms with E-state index in [9.17, 15) is 9.59 Å². The maximum Gasteiger partial charge on any atom is 0.266 e. The summed E-state index contributed by atoms with van der Waals surface area (Å²) in [6, 6.07) is 23.4. The van der Waals surface area contributed by atoms with E-state index in [2.05, 4.69) is 45.0 Å². The lowest BCUT2D eigenvalue weighted by Crippen LogP contribution is -2.37. The molecule has 5 heteroatoms. The topological polar surface area (TPSA) is 49.9 Å². The molecule has 0 aromatic heterocycles. The van der Waals surface area contributed by atoms with Gasteiger partial charge in [-0.15, -0.1) is 0 Å². The number of imide groups is 1. The molecule has 3 atom stereocenters. The van der Waals surface area contributed by atoms with E-state index in [0.717, 1.165) is 22.4 Å². The molecule has 0 bridgehead atoms.